The van der Waals surface area contributed by atoms with Crippen molar-refractivity contribution in [3.63, 3.8) is 0 Å². The maximum absolute atomic E-state index is 6.93. The third-order valence-electron chi connectivity index (χ3n) is 2.89. The minimum atomic E-state index is -2.99. The van der Waals surface area contributed by atoms with Gasteiger partial charge in [-0.15, -0.1) is 0 Å². The van der Waals surface area contributed by atoms with Crippen LogP contribution in [0.4, 0.5) is 0 Å². The van der Waals surface area contributed by atoms with E-state index < -0.39 is 50.9 Å². The molecule has 0 N–H and O–H groups in total. The van der Waals surface area contributed by atoms with E-state index in [-0.39, 0.29) is 0 Å². The zero-order valence-corrected chi connectivity index (χ0v) is 27.5. The Morgan fingerprint density at radius 1 is 0.500 bits per heavy atom. The summed E-state index contributed by atoms with van der Waals surface area (Å²) in [6.07, 6.45) is 0.897. The number of hydrogen-bond acceptors (Lipinski definition) is 6. The fourth-order valence-corrected chi connectivity index (χ4v) is 27.1. The average molecular weight is 519 g/mol. The fraction of sp³-hybridized carbons (Fsp3) is 1.00. The average Bonchev–Trinajstić information content (AvgIpc) is 2.25. The van der Waals surface area contributed by atoms with Crippen molar-refractivity contribution < 1.29 is 20.6 Å². The standard InChI is InChI=1S/C16H46O5SSi6/c1-23(2,3)17-27(13,18-24(4,5)6)21-28(16-14-15-22,19-25(7,8)9)20-26(10,11)12/h22H,14-16H2,1-13H3. The summed E-state index contributed by atoms with van der Waals surface area (Å²) < 4.78 is 33.7. The molecule has 5 nitrogen and oxygen atoms in total. The molecule has 0 atom stereocenters. The third-order valence-corrected chi connectivity index (χ3v) is 22.2. The Labute approximate surface area is 186 Å². The first-order chi connectivity index (χ1) is 12.1. The molecule has 0 unspecified atom stereocenters. The van der Waals surface area contributed by atoms with Crippen LogP contribution in [0.15, 0.2) is 0 Å². The lowest BCUT2D eigenvalue weighted by Gasteiger charge is -2.46. The highest BCUT2D eigenvalue weighted by atomic mass is 32.1. The molecule has 0 bridgehead atoms. The van der Waals surface area contributed by atoms with Crippen LogP contribution in [-0.2, 0) is 20.6 Å². The predicted molar refractivity (Wildman–Crippen MR) is 139 cm³/mol. The molecule has 0 aromatic heterocycles. The molecule has 0 aliphatic carbocycles. The van der Waals surface area contributed by atoms with Crippen molar-refractivity contribution in [1.82, 2.24) is 0 Å². The van der Waals surface area contributed by atoms with Gasteiger partial charge in [0.15, 0.2) is 33.3 Å². The summed E-state index contributed by atoms with van der Waals surface area (Å²) in [5, 5.41) is 0. The molecule has 28 heavy (non-hydrogen) atoms. The minimum Gasteiger partial charge on any atom is -0.417 e. The first-order valence-electron chi connectivity index (χ1n) is 10.2. The van der Waals surface area contributed by atoms with Crippen molar-refractivity contribution in [1.29, 1.82) is 0 Å². The summed E-state index contributed by atoms with van der Waals surface area (Å²) >= 11 is 4.45. The molecule has 0 heterocycles. The molecule has 0 radical (unpaired) electrons. The normalized spacial score (nSPS) is 15.2. The van der Waals surface area contributed by atoms with Gasteiger partial charge in [0, 0.05) is 12.6 Å². The molecule has 0 spiro atoms. The summed E-state index contributed by atoms with van der Waals surface area (Å²) in [6, 6.07) is 0.762. The first-order valence-corrected chi connectivity index (χ1v) is 28.6. The summed E-state index contributed by atoms with van der Waals surface area (Å²) in [7, 11) is -13.6. The highest BCUT2D eigenvalue weighted by molar-refractivity contribution is 7.80. The summed E-state index contributed by atoms with van der Waals surface area (Å²) in [6.45, 7) is 28.4. The number of hydrogen-bond donors (Lipinski definition) is 1. The van der Waals surface area contributed by atoms with Crippen molar-refractivity contribution in [3.8, 4) is 0 Å². The van der Waals surface area contributed by atoms with Crippen molar-refractivity contribution in [2.24, 2.45) is 0 Å². The van der Waals surface area contributed by atoms with Gasteiger partial charge >= 0.3 is 17.6 Å². The second kappa shape index (κ2) is 10.4. The van der Waals surface area contributed by atoms with Crippen molar-refractivity contribution >= 4 is 63.5 Å². The van der Waals surface area contributed by atoms with Gasteiger partial charge in [-0.05, 0) is 90.7 Å². The summed E-state index contributed by atoms with van der Waals surface area (Å²) in [5.74, 6) is 0.782. The van der Waals surface area contributed by atoms with Crippen LogP contribution in [0.1, 0.15) is 6.42 Å². The third kappa shape index (κ3) is 14.5. The second-order valence-electron chi connectivity index (χ2n) is 11.3. The molecule has 0 aliphatic rings. The predicted octanol–water partition coefficient (Wildman–Crippen LogP) is 6.24. The van der Waals surface area contributed by atoms with Gasteiger partial charge in [0.1, 0.15) is 0 Å². The Hall–Kier alpha value is 1.45. The lowest BCUT2D eigenvalue weighted by molar-refractivity contribution is 0.178. The highest BCUT2D eigenvalue weighted by Crippen LogP contribution is 2.33. The molecule has 0 rings (SSSR count). The van der Waals surface area contributed by atoms with E-state index in [4.69, 9.17) is 20.6 Å². The van der Waals surface area contributed by atoms with Crippen LogP contribution in [0.5, 0.6) is 0 Å². The van der Waals surface area contributed by atoms with E-state index in [0.29, 0.717) is 0 Å². The quantitative estimate of drug-likeness (QED) is 0.231. The Kier molecular flexibility index (Phi) is 10.9. The Morgan fingerprint density at radius 3 is 1.07 bits per heavy atom. The Balaban J connectivity index is 6.21. The van der Waals surface area contributed by atoms with Crippen molar-refractivity contribution in [3.05, 3.63) is 0 Å². The van der Waals surface area contributed by atoms with Crippen LogP contribution in [0, 0.1) is 0 Å². The van der Waals surface area contributed by atoms with E-state index >= 15 is 0 Å². The zero-order chi connectivity index (χ0) is 22.7. The number of rotatable bonds is 13. The van der Waals surface area contributed by atoms with Crippen LogP contribution in [0.3, 0.4) is 0 Å². The van der Waals surface area contributed by atoms with Gasteiger partial charge in [0.05, 0.1) is 0 Å². The van der Waals surface area contributed by atoms with E-state index in [0.717, 1.165) is 18.2 Å². The molecule has 0 aromatic rings. The molecule has 0 saturated heterocycles. The van der Waals surface area contributed by atoms with Gasteiger partial charge in [0.2, 0.25) is 0 Å². The Bertz CT molecular complexity index is 450. The van der Waals surface area contributed by atoms with E-state index in [1.807, 2.05) is 6.55 Å². The zero-order valence-electron chi connectivity index (χ0n) is 20.6. The largest absolute Gasteiger partial charge is 0.472 e. The molecule has 0 aliphatic heterocycles. The molecule has 0 amide bonds. The molecular formula is C16H46O5SSi6. The molecule has 0 fully saturated rings. The van der Waals surface area contributed by atoms with Gasteiger partial charge in [-0.2, -0.15) is 12.6 Å². The molecule has 0 saturated carbocycles. The summed E-state index contributed by atoms with van der Waals surface area (Å²) in [5.41, 5.74) is 0. The monoisotopic (exact) mass is 518 g/mol. The number of thiol groups is 1. The van der Waals surface area contributed by atoms with Crippen LogP contribution < -0.4 is 0 Å². The molecule has 170 valence electrons. The lowest BCUT2D eigenvalue weighted by atomic mass is 10.6. The highest BCUT2D eigenvalue weighted by Gasteiger charge is 2.56. The van der Waals surface area contributed by atoms with Gasteiger partial charge in [-0.1, -0.05) is 0 Å². The lowest BCUT2D eigenvalue weighted by Crippen LogP contribution is -2.66. The van der Waals surface area contributed by atoms with Gasteiger partial charge in [-0.25, -0.2) is 0 Å². The first kappa shape index (κ1) is 29.5. The Morgan fingerprint density at radius 2 is 0.821 bits per heavy atom. The molecule has 12 heteroatoms. The maximum Gasteiger partial charge on any atom is 0.472 e. The van der Waals surface area contributed by atoms with E-state index in [1.54, 1.807) is 0 Å². The van der Waals surface area contributed by atoms with Gasteiger partial charge < -0.3 is 20.6 Å². The van der Waals surface area contributed by atoms with Crippen LogP contribution >= 0.6 is 12.6 Å². The van der Waals surface area contributed by atoms with Crippen LogP contribution in [0.25, 0.3) is 0 Å². The van der Waals surface area contributed by atoms with Gasteiger partial charge in [0.25, 0.3) is 0 Å². The van der Waals surface area contributed by atoms with Crippen molar-refractivity contribution in [2.45, 2.75) is 97.6 Å². The smallest absolute Gasteiger partial charge is 0.417 e. The van der Waals surface area contributed by atoms with Crippen molar-refractivity contribution in [2.75, 3.05) is 5.75 Å². The fourth-order valence-electron chi connectivity index (χ4n) is 2.90. The van der Waals surface area contributed by atoms with E-state index in [1.165, 1.54) is 0 Å². The van der Waals surface area contributed by atoms with E-state index in [2.05, 4.69) is 91.2 Å². The van der Waals surface area contributed by atoms with Gasteiger partial charge in [-0.3, -0.25) is 0 Å². The molecular weight excluding hydrogens is 473 g/mol. The van der Waals surface area contributed by atoms with Crippen LogP contribution in [0.2, 0.25) is 91.2 Å². The SMILES string of the molecule is C[Si](C)(C)O[Si](C)(O[Si](C)(C)C)O[Si](CCCS)(O[Si](C)(C)C)O[Si](C)(C)C. The molecule has 0 aromatic carbocycles. The van der Waals surface area contributed by atoms with E-state index in [9.17, 15) is 0 Å². The topological polar surface area (TPSA) is 46.2 Å². The minimum absolute atomic E-state index is 0.762. The van der Waals surface area contributed by atoms with Crippen LogP contribution in [-0.4, -0.2) is 56.6 Å². The summed E-state index contributed by atoms with van der Waals surface area (Å²) in [4.78, 5) is 0. The maximum atomic E-state index is 6.93. The second-order valence-corrected chi connectivity index (χ2v) is 36.4.